The second-order valence-corrected chi connectivity index (χ2v) is 4.79. The van der Waals surface area contributed by atoms with E-state index in [1.54, 1.807) is 11.0 Å². The van der Waals surface area contributed by atoms with Crippen molar-refractivity contribution < 1.29 is 9.53 Å². The van der Waals surface area contributed by atoms with Gasteiger partial charge in [0.25, 0.3) is 0 Å². The minimum Gasteiger partial charge on any atom is -0.382 e. The molecule has 1 aromatic heterocycles. The number of hydrogen-bond donors (Lipinski definition) is 1. The van der Waals surface area contributed by atoms with Crippen molar-refractivity contribution in [2.45, 2.75) is 6.42 Å². The Morgan fingerprint density at radius 1 is 1.37 bits per heavy atom. The van der Waals surface area contributed by atoms with Crippen LogP contribution in [0.5, 0.6) is 0 Å². The highest BCUT2D eigenvalue weighted by Gasteiger charge is 2.16. The van der Waals surface area contributed by atoms with Gasteiger partial charge in [-0.3, -0.25) is 4.79 Å². The molecule has 104 valence electrons. The highest BCUT2D eigenvalue weighted by Crippen LogP contribution is 2.20. The van der Waals surface area contributed by atoms with Crippen LogP contribution in [0, 0.1) is 0 Å². The minimum atomic E-state index is 0.0973. The molecular formula is C11H14Cl2N4O2. The molecule has 0 spiro atoms. The van der Waals surface area contributed by atoms with Gasteiger partial charge in [-0.15, -0.1) is 10.2 Å². The zero-order valence-electron chi connectivity index (χ0n) is 10.2. The molecule has 1 saturated heterocycles. The fourth-order valence-electron chi connectivity index (χ4n) is 1.75. The quantitative estimate of drug-likeness (QED) is 0.912. The first-order valence-corrected chi connectivity index (χ1v) is 6.70. The van der Waals surface area contributed by atoms with Gasteiger partial charge in [0.15, 0.2) is 10.3 Å². The summed E-state index contributed by atoms with van der Waals surface area (Å²) in [5.74, 6) is 0.0973. The fraction of sp³-hybridized carbons (Fsp3) is 0.545. The van der Waals surface area contributed by atoms with Crippen LogP contribution < -0.4 is 5.32 Å². The molecule has 0 unspecified atom stereocenters. The minimum absolute atomic E-state index is 0.0973. The molecule has 0 radical (unpaired) electrons. The van der Waals surface area contributed by atoms with E-state index in [9.17, 15) is 4.79 Å². The number of halogens is 2. The van der Waals surface area contributed by atoms with E-state index < -0.39 is 0 Å². The van der Waals surface area contributed by atoms with Crippen molar-refractivity contribution in [1.82, 2.24) is 15.1 Å². The van der Waals surface area contributed by atoms with Crippen LogP contribution in [0.25, 0.3) is 0 Å². The molecule has 1 aliphatic rings. The van der Waals surface area contributed by atoms with E-state index in [1.807, 2.05) is 0 Å². The Bertz CT molecular complexity index is 452. The van der Waals surface area contributed by atoms with Crippen LogP contribution >= 0.6 is 23.2 Å². The summed E-state index contributed by atoms with van der Waals surface area (Å²) in [6, 6.07) is 1.58. The van der Waals surface area contributed by atoms with Crippen LogP contribution in [0.4, 0.5) is 5.69 Å². The molecule has 1 N–H and O–H groups in total. The number of carbonyl (C=O) groups is 1. The number of nitrogens with one attached hydrogen (secondary N) is 1. The SMILES string of the molecule is O=C(CCNc1cc(Cl)nnc1Cl)N1CCOCC1. The second-order valence-electron chi connectivity index (χ2n) is 4.04. The molecule has 2 rings (SSSR count). The highest BCUT2D eigenvalue weighted by atomic mass is 35.5. The van der Waals surface area contributed by atoms with E-state index in [0.717, 1.165) is 0 Å². The van der Waals surface area contributed by atoms with Crippen molar-refractivity contribution in [3.63, 3.8) is 0 Å². The number of nitrogens with zero attached hydrogens (tertiary/aromatic N) is 3. The molecular weight excluding hydrogens is 291 g/mol. The fourth-order valence-corrected chi connectivity index (χ4v) is 2.06. The molecule has 0 saturated carbocycles. The first kappa shape index (κ1) is 14.3. The Balaban J connectivity index is 1.79. The smallest absolute Gasteiger partial charge is 0.224 e. The normalized spacial score (nSPS) is 15.4. The Morgan fingerprint density at radius 2 is 2.11 bits per heavy atom. The van der Waals surface area contributed by atoms with Gasteiger partial charge < -0.3 is 15.0 Å². The lowest BCUT2D eigenvalue weighted by Gasteiger charge is -2.26. The van der Waals surface area contributed by atoms with E-state index in [4.69, 9.17) is 27.9 Å². The number of aromatic nitrogens is 2. The third-order valence-corrected chi connectivity index (χ3v) is 3.20. The summed E-state index contributed by atoms with van der Waals surface area (Å²) >= 11 is 11.6. The van der Waals surface area contributed by atoms with Crippen molar-refractivity contribution in [2.75, 3.05) is 38.2 Å². The zero-order valence-corrected chi connectivity index (χ0v) is 11.7. The van der Waals surface area contributed by atoms with Gasteiger partial charge in [-0.1, -0.05) is 23.2 Å². The van der Waals surface area contributed by atoms with E-state index in [1.165, 1.54) is 0 Å². The standard InChI is InChI=1S/C11H14Cl2N4O2/c12-9-7-8(11(13)16-15-9)14-2-1-10(18)17-3-5-19-6-4-17/h7H,1-6H2,(H,14,15). The zero-order chi connectivity index (χ0) is 13.7. The predicted octanol–water partition coefficient (Wildman–Crippen LogP) is 1.44. The van der Waals surface area contributed by atoms with Gasteiger partial charge >= 0.3 is 0 Å². The van der Waals surface area contributed by atoms with Gasteiger partial charge in [-0.2, -0.15) is 0 Å². The topological polar surface area (TPSA) is 67.4 Å². The summed E-state index contributed by atoms with van der Waals surface area (Å²) in [5, 5.41) is 10.8. The van der Waals surface area contributed by atoms with Crippen LogP contribution in [0.2, 0.25) is 10.3 Å². The number of hydrogen-bond acceptors (Lipinski definition) is 5. The Morgan fingerprint density at radius 3 is 2.84 bits per heavy atom. The van der Waals surface area contributed by atoms with Gasteiger partial charge in [0.05, 0.1) is 18.9 Å². The van der Waals surface area contributed by atoms with E-state index in [-0.39, 0.29) is 16.2 Å². The number of rotatable bonds is 4. The van der Waals surface area contributed by atoms with Crippen molar-refractivity contribution in [1.29, 1.82) is 0 Å². The lowest BCUT2D eigenvalue weighted by atomic mass is 10.3. The predicted molar refractivity (Wildman–Crippen MR) is 72.6 cm³/mol. The number of ether oxygens (including phenoxy) is 1. The average molecular weight is 305 g/mol. The molecule has 2 heterocycles. The van der Waals surface area contributed by atoms with Crippen molar-refractivity contribution >= 4 is 34.8 Å². The van der Waals surface area contributed by atoms with Crippen LogP contribution in [0.3, 0.4) is 0 Å². The van der Waals surface area contributed by atoms with Crippen molar-refractivity contribution in [3.05, 3.63) is 16.4 Å². The van der Waals surface area contributed by atoms with Crippen LogP contribution in [-0.4, -0.2) is 53.9 Å². The monoisotopic (exact) mass is 304 g/mol. The lowest BCUT2D eigenvalue weighted by Crippen LogP contribution is -2.41. The Hall–Kier alpha value is -1.11. The summed E-state index contributed by atoms with van der Waals surface area (Å²) in [7, 11) is 0. The summed E-state index contributed by atoms with van der Waals surface area (Å²) < 4.78 is 5.20. The Labute approximate surface area is 121 Å². The Kier molecular flexibility index (Phi) is 5.18. The van der Waals surface area contributed by atoms with Gasteiger partial charge in [-0.25, -0.2) is 0 Å². The van der Waals surface area contributed by atoms with Crippen LogP contribution in [-0.2, 0) is 9.53 Å². The van der Waals surface area contributed by atoms with Crippen LogP contribution in [0.15, 0.2) is 6.07 Å². The molecule has 8 heteroatoms. The highest BCUT2D eigenvalue weighted by molar-refractivity contribution is 6.33. The van der Waals surface area contributed by atoms with E-state index in [2.05, 4.69) is 15.5 Å². The molecule has 1 fully saturated rings. The number of carbonyl (C=O) groups excluding carboxylic acids is 1. The lowest BCUT2D eigenvalue weighted by molar-refractivity contribution is -0.134. The maximum absolute atomic E-state index is 11.9. The maximum atomic E-state index is 11.9. The molecule has 0 bridgehead atoms. The van der Waals surface area contributed by atoms with Crippen molar-refractivity contribution in [2.24, 2.45) is 0 Å². The summed E-state index contributed by atoms with van der Waals surface area (Å²) in [4.78, 5) is 13.7. The first-order valence-electron chi connectivity index (χ1n) is 5.95. The summed E-state index contributed by atoms with van der Waals surface area (Å²) in [5.41, 5.74) is 0.580. The third kappa shape index (κ3) is 4.19. The maximum Gasteiger partial charge on any atom is 0.224 e. The average Bonchev–Trinajstić information content (AvgIpc) is 2.43. The molecule has 6 nitrogen and oxygen atoms in total. The molecule has 19 heavy (non-hydrogen) atoms. The summed E-state index contributed by atoms with van der Waals surface area (Å²) in [6.45, 7) is 2.99. The molecule has 0 atom stereocenters. The summed E-state index contributed by atoms with van der Waals surface area (Å²) in [6.07, 6.45) is 0.385. The molecule has 1 amide bonds. The van der Waals surface area contributed by atoms with Crippen LogP contribution in [0.1, 0.15) is 6.42 Å². The van der Waals surface area contributed by atoms with E-state index in [0.29, 0.717) is 45.0 Å². The van der Waals surface area contributed by atoms with Crippen molar-refractivity contribution in [3.8, 4) is 0 Å². The first-order chi connectivity index (χ1) is 9.16. The van der Waals surface area contributed by atoms with E-state index >= 15 is 0 Å². The second kappa shape index (κ2) is 6.88. The largest absolute Gasteiger partial charge is 0.382 e. The van der Waals surface area contributed by atoms with Gasteiger partial charge in [0, 0.05) is 32.1 Å². The number of anilines is 1. The molecule has 0 aromatic carbocycles. The number of amides is 1. The molecule has 0 aliphatic carbocycles. The molecule has 1 aromatic rings. The van der Waals surface area contributed by atoms with Gasteiger partial charge in [0.1, 0.15) is 0 Å². The number of morpholine rings is 1. The van der Waals surface area contributed by atoms with Gasteiger partial charge in [-0.05, 0) is 0 Å². The molecule has 1 aliphatic heterocycles. The third-order valence-electron chi connectivity index (χ3n) is 2.74. The van der Waals surface area contributed by atoms with Gasteiger partial charge in [0.2, 0.25) is 5.91 Å².